The van der Waals surface area contributed by atoms with Crippen molar-refractivity contribution in [3.63, 3.8) is 0 Å². The van der Waals surface area contributed by atoms with Crippen LogP contribution in [0.5, 0.6) is 0 Å². The summed E-state index contributed by atoms with van der Waals surface area (Å²) in [6.07, 6.45) is -1.22. The molecule has 0 aliphatic carbocycles. The largest absolute Gasteiger partial charge is 0.375 e. The number of ether oxygens (including phenoxy) is 1. The topological polar surface area (TPSA) is 50.4 Å². The van der Waals surface area contributed by atoms with Gasteiger partial charge in [0.2, 0.25) is 5.91 Å². The minimum Gasteiger partial charge on any atom is -0.375 e. The van der Waals surface area contributed by atoms with Crippen molar-refractivity contribution in [3.8, 4) is 0 Å². The molecule has 0 saturated carbocycles. The van der Waals surface area contributed by atoms with Gasteiger partial charge >= 0.3 is 0 Å². The lowest BCUT2D eigenvalue weighted by Crippen LogP contribution is -2.53. The summed E-state index contributed by atoms with van der Waals surface area (Å²) < 4.78 is 18.7. The first-order valence-corrected chi connectivity index (χ1v) is 6.48. The number of morpholine rings is 1. The van der Waals surface area contributed by atoms with Crippen LogP contribution in [0.1, 0.15) is 25.6 Å². The molecule has 0 spiro atoms. The third-order valence-corrected chi connectivity index (χ3v) is 3.21. The summed E-state index contributed by atoms with van der Waals surface area (Å²) in [6.45, 7) is 4.60. The van der Waals surface area contributed by atoms with Gasteiger partial charge in [-0.3, -0.25) is 4.79 Å². The Bertz CT molecular complexity index is 457. The third-order valence-electron chi connectivity index (χ3n) is 3.21. The van der Waals surface area contributed by atoms with Gasteiger partial charge in [0.25, 0.3) is 0 Å². The van der Waals surface area contributed by atoms with E-state index in [0.29, 0.717) is 24.4 Å². The summed E-state index contributed by atoms with van der Waals surface area (Å²) in [5.74, 6) is -0.157. The van der Waals surface area contributed by atoms with Crippen LogP contribution in [0.25, 0.3) is 0 Å². The van der Waals surface area contributed by atoms with Crippen molar-refractivity contribution in [2.75, 3.05) is 18.5 Å². The van der Waals surface area contributed by atoms with E-state index in [1.807, 2.05) is 6.92 Å². The number of anilines is 1. The minimum atomic E-state index is -1.05. The van der Waals surface area contributed by atoms with Crippen molar-refractivity contribution in [2.24, 2.45) is 0 Å². The van der Waals surface area contributed by atoms with Crippen molar-refractivity contribution >= 4 is 24.0 Å². The molecule has 1 unspecified atom stereocenters. The van der Waals surface area contributed by atoms with Gasteiger partial charge in [0, 0.05) is 12.2 Å². The van der Waals surface area contributed by atoms with Gasteiger partial charge in [-0.15, -0.1) is 12.4 Å². The second-order valence-electron chi connectivity index (χ2n) is 4.74. The second kappa shape index (κ2) is 7.57. The van der Waals surface area contributed by atoms with Gasteiger partial charge in [-0.05, 0) is 31.5 Å². The molecule has 1 aliphatic heterocycles. The molecule has 20 heavy (non-hydrogen) atoms. The van der Waals surface area contributed by atoms with Crippen LogP contribution in [-0.2, 0) is 9.53 Å². The number of nitrogens with one attached hydrogen (secondary N) is 2. The van der Waals surface area contributed by atoms with Gasteiger partial charge in [-0.2, -0.15) is 0 Å². The highest BCUT2D eigenvalue weighted by Gasteiger charge is 2.28. The Kier molecular flexibility index (Phi) is 6.39. The van der Waals surface area contributed by atoms with E-state index >= 15 is 0 Å². The maximum Gasteiger partial charge on any atom is 0.244 e. The molecule has 2 rings (SSSR count). The highest BCUT2D eigenvalue weighted by atomic mass is 35.5. The van der Waals surface area contributed by atoms with Gasteiger partial charge < -0.3 is 15.4 Å². The monoisotopic (exact) mass is 302 g/mol. The predicted octanol–water partition coefficient (Wildman–Crippen LogP) is 2.45. The lowest BCUT2D eigenvalue weighted by molar-refractivity contribution is -0.123. The van der Waals surface area contributed by atoms with Gasteiger partial charge in [0.1, 0.15) is 12.2 Å². The average Bonchev–Trinajstić information content (AvgIpc) is 2.39. The third kappa shape index (κ3) is 4.16. The predicted molar refractivity (Wildman–Crippen MR) is 79.0 cm³/mol. The number of carbonyl (C=O) groups excluding carboxylic acids is 1. The fraction of sp³-hybridized carbons (Fsp3) is 0.500. The molecule has 3 atom stereocenters. The fourth-order valence-corrected chi connectivity index (χ4v) is 2.11. The van der Waals surface area contributed by atoms with E-state index in [9.17, 15) is 9.18 Å². The van der Waals surface area contributed by atoms with Crippen LogP contribution in [0.4, 0.5) is 10.1 Å². The zero-order chi connectivity index (χ0) is 13.8. The lowest BCUT2D eigenvalue weighted by atomic mass is 10.1. The van der Waals surface area contributed by atoms with Gasteiger partial charge in [-0.1, -0.05) is 12.1 Å². The molecule has 2 N–H and O–H groups in total. The van der Waals surface area contributed by atoms with E-state index in [-0.39, 0.29) is 30.5 Å². The van der Waals surface area contributed by atoms with Crippen LogP contribution >= 0.6 is 12.4 Å². The lowest BCUT2D eigenvalue weighted by Gasteiger charge is -2.29. The van der Waals surface area contributed by atoms with Gasteiger partial charge in [0.05, 0.1) is 12.7 Å². The normalized spacial score (nSPS) is 23.6. The fourth-order valence-electron chi connectivity index (χ4n) is 2.11. The smallest absolute Gasteiger partial charge is 0.244 e. The molecule has 1 amide bonds. The summed E-state index contributed by atoms with van der Waals surface area (Å²) in [5, 5.41) is 5.90. The Balaban J connectivity index is 0.00000200. The number of hydrogen-bond donors (Lipinski definition) is 2. The molecule has 4 nitrogen and oxygen atoms in total. The molecule has 0 aromatic heterocycles. The van der Waals surface area contributed by atoms with E-state index in [1.54, 1.807) is 24.3 Å². The Morgan fingerprint density at radius 3 is 2.95 bits per heavy atom. The Labute approximate surface area is 124 Å². The van der Waals surface area contributed by atoms with Crippen molar-refractivity contribution < 1.29 is 13.9 Å². The molecular formula is C14H20ClFN2O2. The number of benzene rings is 1. The Hall–Kier alpha value is -1.17. The number of rotatable bonds is 3. The summed E-state index contributed by atoms with van der Waals surface area (Å²) in [4.78, 5) is 12.1. The van der Waals surface area contributed by atoms with Crippen molar-refractivity contribution in [2.45, 2.75) is 32.2 Å². The first-order chi connectivity index (χ1) is 9.08. The molecule has 1 saturated heterocycles. The maximum absolute atomic E-state index is 13.2. The van der Waals surface area contributed by atoms with E-state index in [0.717, 1.165) is 0 Å². The number of hydrogen-bond acceptors (Lipinski definition) is 3. The molecule has 0 radical (unpaired) electrons. The summed E-state index contributed by atoms with van der Waals surface area (Å²) in [7, 11) is 0. The molecule has 1 aromatic rings. The van der Waals surface area contributed by atoms with Crippen molar-refractivity contribution in [1.29, 1.82) is 0 Å². The summed E-state index contributed by atoms with van der Waals surface area (Å²) in [5.41, 5.74) is 1.16. The van der Waals surface area contributed by atoms with E-state index in [2.05, 4.69) is 10.6 Å². The summed E-state index contributed by atoms with van der Waals surface area (Å²) >= 11 is 0. The van der Waals surface area contributed by atoms with Crippen LogP contribution in [0.3, 0.4) is 0 Å². The number of alkyl halides is 1. The van der Waals surface area contributed by atoms with E-state index in [1.165, 1.54) is 6.92 Å². The first kappa shape index (κ1) is 16.9. The average molecular weight is 303 g/mol. The standard InChI is InChI=1S/C14H19FN2O2.ClH/c1-9(15)11-4-3-5-12(8-11)17-14(18)13-10(2)19-7-6-16-13;/h3-5,8-10,13,16H,6-7H2,1-2H3,(H,17,18);1H/t9?,10-,13+;/m1./s1. The minimum absolute atomic E-state index is 0. The Morgan fingerprint density at radius 1 is 1.55 bits per heavy atom. The molecule has 1 heterocycles. The SMILES string of the molecule is CC(F)c1cccc(NC(=O)[C@H]2NCCO[C@@H]2C)c1.Cl. The van der Waals surface area contributed by atoms with Crippen LogP contribution < -0.4 is 10.6 Å². The van der Waals surface area contributed by atoms with Crippen LogP contribution in [0.2, 0.25) is 0 Å². The van der Waals surface area contributed by atoms with Gasteiger partial charge in [-0.25, -0.2) is 4.39 Å². The maximum atomic E-state index is 13.2. The molecule has 1 fully saturated rings. The molecule has 112 valence electrons. The van der Waals surface area contributed by atoms with Crippen LogP contribution in [0.15, 0.2) is 24.3 Å². The molecule has 1 aromatic carbocycles. The molecular weight excluding hydrogens is 283 g/mol. The quantitative estimate of drug-likeness (QED) is 0.902. The van der Waals surface area contributed by atoms with Crippen molar-refractivity contribution in [1.82, 2.24) is 5.32 Å². The van der Waals surface area contributed by atoms with E-state index < -0.39 is 6.17 Å². The Morgan fingerprint density at radius 2 is 2.30 bits per heavy atom. The molecule has 6 heteroatoms. The van der Waals surface area contributed by atoms with Crippen molar-refractivity contribution in [3.05, 3.63) is 29.8 Å². The number of carbonyl (C=O) groups is 1. The first-order valence-electron chi connectivity index (χ1n) is 6.48. The second-order valence-corrected chi connectivity index (χ2v) is 4.74. The molecule has 0 bridgehead atoms. The summed E-state index contributed by atoms with van der Waals surface area (Å²) in [6, 6.07) is 6.45. The highest BCUT2D eigenvalue weighted by Crippen LogP contribution is 2.20. The van der Waals surface area contributed by atoms with Gasteiger partial charge in [0.15, 0.2) is 0 Å². The molecule has 1 aliphatic rings. The highest BCUT2D eigenvalue weighted by molar-refractivity contribution is 5.95. The van der Waals surface area contributed by atoms with Crippen LogP contribution in [-0.4, -0.2) is 31.2 Å². The van der Waals surface area contributed by atoms with Crippen LogP contribution in [0, 0.1) is 0 Å². The van der Waals surface area contributed by atoms with E-state index in [4.69, 9.17) is 4.74 Å². The number of halogens is 2. The zero-order valence-corrected chi connectivity index (χ0v) is 12.4. The zero-order valence-electron chi connectivity index (χ0n) is 11.6. The number of amides is 1.